The SMILES string of the molecule is CC(C)c1cccc(C(=O)NCCOc2ccccc2C(=O)[O-])c1.[Na+]. The molecule has 6 heteroatoms. The fraction of sp³-hybridized carbons (Fsp3) is 0.263. The Morgan fingerprint density at radius 2 is 1.84 bits per heavy atom. The number of carboxylic acid groups (broad SMARTS) is 1. The standard InChI is InChI=1S/C19H21NO4.Na/c1-13(2)14-6-5-7-15(12-14)18(21)20-10-11-24-17-9-4-3-8-16(17)19(22)23;/h3-9,12-13H,10-11H2,1-2H3,(H,20,21)(H,22,23);/q;+1/p-1. The Bertz CT molecular complexity index is 731. The average molecular weight is 349 g/mol. The predicted octanol–water partition coefficient (Wildman–Crippen LogP) is -1.01. The van der Waals surface area contributed by atoms with Gasteiger partial charge in [-0.15, -0.1) is 0 Å². The molecule has 0 radical (unpaired) electrons. The smallest absolute Gasteiger partial charge is 0.545 e. The van der Waals surface area contributed by atoms with Gasteiger partial charge in [0.2, 0.25) is 0 Å². The Labute approximate surface area is 169 Å². The van der Waals surface area contributed by atoms with Crippen LogP contribution in [0.2, 0.25) is 0 Å². The number of carboxylic acids is 1. The summed E-state index contributed by atoms with van der Waals surface area (Å²) in [6.45, 7) is 4.57. The van der Waals surface area contributed by atoms with Crippen LogP contribution in [-0.2, 0) is 0 Å². The molecule has 1 N–H and O–H groups in total. The zero-order valence-electron chi connectivity index (χ0n) is 14.7. The summed E-state index contributed by atoms with van der Waals surface area (Å²) in [5.74, 6) is -0.898. The molecule has 0 aliphatic rings. The Balaban J connectivity index is 0.00000312. The van der Waals surface area contributed by atoms with E-state index in [1.807, 2.05) is 18.2 Å². The van der Waals surface area contributed by atoms with Gasteiger partial charge in [-0.3, -0.25) is 4.79 Å². The minimum Gasteiger partial charge on any atom is -0.545 e. The van der Waals surface area contributed by atoms with Crippen molar-refractivity contribution in [1.29, 1.82) is 0 Å². The maximum atomic E-state index is 12.1. The number of amides is 1. The van der Waals surface area contributed by atoms with Crippen LogP contribution in [-0.4, -0.2) is 25.0 Å². The van der Waals surface area contributed by atoms with Gasteiger partial charge >= 0.3 is 29.6 Å². The molecule has 0 atom stereocenters. The van der Waals surface area contributed by atoms with Crippen LogP contribution in [0, 0.1) is 0 Å². The van der Waals surface area contributed by atoms with Gasteiger partial charge in [0.1, 0.15) is 12.4 Å². The van der Waals surface area contributed by atoms with Crippen molar-refractivity contribution >= 4 is 11.9 Å². The van der Waals surface area contributed by atoms with Crippen molar-refractivity contribution in [2.45, 2.75) is 19.8 Å². The molecule has 2 aromatic carbocycles. The van der Waals surface area contributed by atoms with Crippen LogP contribution in [0.3, 0.4) is 0 Å². The second kappa shape index (κ2) is 10.2. The van der Waals surface area contributed by atoms with Gasteiger partial charge in [-0.05, 0) is 35.7 Å². The average Bonchev–Trinajstić information content (AvgIpc) is 2.58. The van der Waals surface area contributed by atoms with Crippen LogP contribution in [0.15, 0.2) is 48.5 Å². The molecule has 126 valence electrons. The monoisotopic (exact) mass is 349 g/mol. The molecule has 0 fully saturated rings. The molecule has 25 heavy (non-hydrogen) atoms. The molecule has 0 bridgehead atoms. The molecular weight excluding hydrogens is 329 g/mol. The van der Waals surface area contributed by atoms with Crippen LogP contribution in [0.4, 0.5) is 0 Å². The zero-order valence-corrected chi connectivity index (χ0v) is 16.7. The number of rotatable bonds is 7. The van der Waals surface area contributed by atoms with Crippen LogP contribution >= 0.6 is 0 Å². The molecule has 5 nitrogen and oxygen atoms in total. The Morgan fingerprint density at radius 1 is 1.12 bits per heavy atom. The van der Waals surface area contributed by atoms with Crippen molar-refractivity contribution in [3.05, 3.63) is 65.2 Å². The van der Waals surface area contributed by atoms with E-state index in [4.69, 9.17) is 4.74 Å². The molecule has 1 amide bonds. The number of nitrogens with one attached hydrogen (secondary N) is 1. The first-order valence-electron chi connectivity index (χ1n) is 7.80. The molecule has 0 aliphatic heterocycles. The summed E-state index contributed by atoms with van der Waals surface area (Å²) in [6.07, 6.45) is 0. The molecule has 0 saturated heterocycles. The number of para-hydroxylation sites is 1. The first-order valence-corrected chi connectivity index (χ1v) is 7.80. The van der Waals surface area contributed by atoms with Crippen LogP contribution in [0.1, 0.15) is 46.0 Å². The van der Waals surface area contributed by atoms with Gasteiger partial charge < -0.3 is 20.0 Å². The zero-order chi connectivity index (χ0) is 17.5. The number of ether oxygens (including phenoxy) is 1. The molecule has 0 spiro atoms. The van der Waals surface area contributed by atoms with Gasteiger partial charge in [0.05, 0.1) is 12.5 Å². The summed E-state index contributed by atoms with van der Waals surface area (Å²) in [6, 6.07) is 13.7. The summed E-state index contributed by atoms with van der Waals surface area (Å²) >= 11 is 0. The minimum atomic E-state index is -1.29. The molecular formula is C19H20NNaO4. The molecule has 0 aliphatic carbocycles. The number of carbonyl (C=O) groups excluding carboxylic acids is 2. The minimum absolute atomic E-state index is 0. The second-order valence-corrected chi connectivity index (χ2v) is 5.67. The van der Waals surface area contributed by atoms with E-state index < -0.39 is 5.97 Å². The summed E-state index contributed by atoms with van der Waals surface area (Å²) in [5, 5.41) is 13.7. The van der Waals surface area contributed by atoms with Gasteiger partial charge in [0.15, 0.2) is 0 Å². The Morgan fingerprint density at radius 3 is 2.52 bits per heavy atom. The van der Waals surface area contributed by atoms with Crippen molar-refractivity contribution in [3.63, 3.8) is 0 Å². The quantitative estimate of drug-likeness (QED) is 0.513. The van der Waals surface area contributed by atoms with Gasteiger partial charge in [-0.2, -0.15) is 0 Å². The Kier molecular flexibility index (Phi) is 8.69. The van der Waals surface area contributed by atoms with E-state index in [-0.39, 0.29) is 59.9 Å². The molecule has 0 unspecified atom stereocenters. The summed E-state index contributed by atoms with van der Waals surface area (Å²) < 4.78 is 5.41. The van der Waals surface area contributed by atoms with Gasteiger partial charge in [0.25, 0.3) is 5.91 Å². The van der Waals surface area contributed by atoms with Gasteiger partial charge in [0, 0.05) is 11.1 Å². The summed E-state index contributed by atoms with van der Waals surface area (Å²) in [7, 11) is 0. The van der Waals surface area contributed by atoms with Crippen molar-refractivity contribution < 1.29 is 49.0 Å². The van der Waals surface area contributed by atoms with Crippen molar-refractivity contribution in [1.82, 2.24) is 5.32 Å². The van der Waals surface area contributed by atoms with Gasteiger partial charge in [-0.25, -0.2) is 0 Å². The number of hydrogen-bond donors (Lipinski definition) is 1. The maximum absolute atomic E-state index is 12.1. The molecule has 0 aromatic heterocycles. The number of benzene rings is 2. The van der Waals surface area contributed by atoms with Crippen LogP contribution < -0.4 is 44.7 Å². The summed E-state index contributed by atoms with van der Waals surface area (Å²) in [4.78, 5) is 23.1. The third kappa shape index (κ3) is 6.20. The predicted molar refractivity (Wildman–Crippen MR) is 89.1 cm³/mol. The number of aromatic carboxylic acids is 1. The molecule has 0 heterocycles. The van der Waals surface area contributed by atoms with Crippen molar-refractivity contribution in [2.24, 2.45) is 0 Å². The normalized spacial score (nSPS) is 10.0. The van der Waals surface area contributed by atoms with Crippen molar-refractivity contribution in [2.75, 3.05) is 13.2 Å². The topological polar surface area (TPSA) is 78.5 Å². The number of carbonyl (C=O) groups is 2. The third-order valence-electron chi connectivity index (χ3n) is 3.57. The molecule has 2 rings (SSSR count). The van der Waals surface area contributed by atoms with E-state index in [9.17, 15) is 14.7 Å². The fourth-order valence-corrected chi connectivity index (χ4v) is 2.23. The Hall–Kier alpha value is -1.82. The van der Waals surface area contributed by atoms with Gasteiger partial charge in [-0.1, -0.05) is 38.1 Å². The maximum Gasteiger partial charge on any atom is 1.00 e. The van der Waals surface area contributed by atoms with Crippen LogP contribution in [0.5, 0.6) is 5.75 Å². The number of hydrogen-bond acceptors (Lipinski definition) is 4. The first kappa shape index (κ1) is 21.2. The van der Waals surface area contributed by atoms with E-state index in [0.29, 0.717) is 11.5 Å². The third-order valence-corrected chi connectivity index (χ3v) is 3.57. The fourth-order valence-electron chi connectivity index (χ4n) is 2.23. The van der Waals surface area contributed by atoms with E-state index >= 15 is 0 Å². The first-order chi connectivity index (χ1) is 11.5. The van der Waals surface area contributed by atoms with Crippen LogP contribution in [0.25, 0.3) is 0 Å². The summed E-state index contributed by atoms with van der Waals surface area (Å²) in [5.41, 5.74) is 1.69. The van der Waals surface area contributed by atoms with E-state index in [1.54, 1.807) is 24.3 Å². The van der Waals surface area contributed by atoms with E-state index in [2.05, 4.69) is 19.2 Å². The van der Waals surface area contributed by atoms with Crippen molar-refractivity contribution in [3.8, 4) is 5.75 Å². The second-order valence-electron chi connectivity index (χ2n) is 5.67. The molecule has 2 aromatic rings. The van der Waals surface area contributed by atoms with E-state index in [1.165, 1.54) is 6.07 Å². The largest absolute Gasteiger partial charge is 1.00 e. The van der Waals surface area contributed by atoms with E-state index in [0.717, 1.165) is 5.56 Å². The molecule has 0 saturated carbocycles.